The third-order valence-corrected chi connectivity index (χ3v) is 4.32. The molecule has 0 spiro atoms. The van der Waals surface area contributed by atoms with Crippen molar-refractivity contribution in [3.05, 3.63) is 11.6 Å². The summed E-state index contributed by atoms with van der Waals surface area (Å²) in [4.78, 5) is 0. The number of hydrogen-bond donors (Lipinski definition) is 1. The maximum absolute atomic E-state index is 5.80. The Kier molecular flexibility index (Phi) is 5.47. The largest absolute Gasteiger partial charge is 0.374 e. The topological polar surface area (TPSA) is 21.3 Å². The first kappa shape index (κ1) is 15.1. The van der Waals surface area contributed by atoms with Gasteiger partial charge in [-0.15, -0.1) is 0 Å². The molecular weight excluding hydrogens is 234 g/mol. The molecule has 0 aromatic heterocycles. The Morgan fingerprint density at radius 3 is 2.42 bits per heavy atom. The van der Waals surface area contributed by atoms with Crippen LogP contribution in [0.2, 0.25) is 0 Å². The fourth-order valence-corrected chi connectivity index (χ4v) is 3.15. The zero-order valence-corrected chi connectivity index (χ0v) is 13.0. The van der Waals surface area contributed by atoms with Crippen molar-refractivity contribution in [2.45, 2.75) is 77.4 Å². The van der Waals surface area contributed by atoms with Gasteiger partial charge < -0.3 is 10.1 Å². The molecule has 0 amide bonds. The lowest BCUT2D eigenvalue weighted by Crippen LogP contribution is -2.38. The molecule has 2 nitrogen and oxygen atoms in total. The molecule has 2 rings (SSSR count). The normalized spacial score (nSPS) is 26.9. The summed E-state index contributed by atoms with van der Waals surface area (Å²) in [5, 5.41) is 3.67. The predicted molar refractivity (Wildman–Crippen MR) is 81.4 cm³/mol. The highest BCUT2D eigenvalue weighted by molar-refractivity contribution is 5.13. The van der Waals surface area contributed by atoms with Crippen LogP contribution in [0, 0.1) is 5.92 Å². The van der Waals surface area contributed by atoms with Crippen molar-refractivity contribution in [1.29, 1.82) is 0 Å². The molecule has 1 atom stereocenters. The van der Waals surface area contributed by atoms with Crippen molar-refractivity contribution < 1.29 is 4.74 Å². The molecule has 19 heavy (non-hydrogen) atoms. The van der Waals surface area contributed by atoms with Crippen molar-refractivity contribution in [1.82, 2.24) is 5.32 Å². The second kappa shape index (κ2) is 6.90. The first-order valence-electron chi connectivity index (χ1n) is 8.12. The summed E-state index contributed by atoms with van der Waals surface area (Å²) < 4.78 is 5.80. The maximum atomic E-state index is 5.80. The molecule has 1 saturated carbocycles. The summed E-state index contributed by atoms with van der Waals surface area (Å²) in [7, 11) is 0. The van der Waals surface area contributed by atoms with Crippen molar-refractivity contribution in [2.24, 2.45) is 5.92 Å². The van der Waals surface area contributed by atoms with Crippen molar-refractivity contribution in [3.63, 3.8) is 0 Å². The van der Waals surface area contributed by atoms with E-state index in [9.17, 15) is 0 Å². The maximum Gasteiger partial charge on any atom is 0.0759 e. The van der Waals surface area contributed by atoms with Crippen LogP contribution in [0.4, 0.5) is 0 Å². The Balaban J connectivity index is 1.98. The molecule has 1 saturated heterocycles. The zero-order valence-electron chi connectivity index (χ0n) is 13.0. The lowest BCUT2D eigenvalue weighted by molar-refractivity contribution is 0.144. The number of hydrogen-bond acceptors (Lipinski definition) is 2. The summed E-state index contributed by atoms with van der Waals surface area (Å²) in [6.07, 6.45) is 12.3. The van der Waals surface area contributed by atoms with Gasteiger partial charge in [-0.05, 0) is 52.4 Å². The average molecular weight is 265 g/mol. The lowest BCUT2D eigenvalue weighted by Gasteiger charge is -2.29. The van der Waals surface area contributed by atoms with Crippen LogP contribution in [0.1, 0.15) is 65.7 Å². The summed E-state index contributed by atoms with van der Waals surface area (Å²) in [5.74, 6) is 0.799. The smallest absolute Gasteiger partial charge is 0.0759 e. The highest BCUT2D eigenvalue weighted by atomic mass is 16.5. The summed E-state index contributed by atoms with van der Waals surface area (Å²) in [6.45, 7) is 8.73. The van der Waals surface area contributed by atoms with E-state index in [1.165, 1.54) is 44.9 Å². The number of nitrogens with one attached hydrogen (secondary N) is 1. The van der Waals surface area contributed by atoms with E-state index in [2.05, 4.69) is 32.2 Å². The molecule has 0 aromatic rings. The Morgan fingerprint density at radius 2 is 1.84 bits per heavy atom. The van der Waals surface area contributed by atoms with E-state index >= 15 is 0 Å². The van der Waals surface area contributed by atoms with Crippen LogP contribution in [0.5, 0.6) is 0 Å². The minimum atomic E-state index is 0.199. The third-order valence-electron chi connectivity index (χ3n) is 4.32. The van der Waals surface area contributed by atoms with E-state index in [1.54, 1.807) is 5.57 Å². The van der Waals surface area contributed by atoms with Gasteiger partial charge in [-0.3, -0.25) is 0 Å². The molecule has 1 heterocycles. The molecule has 2 aliphatic rings. The van der Waals surface area contributed by atoms with E-state index in [4.69, 9.17) is 4.74 Å². The minimum Gasteiger partial charge on any atom is -0.374 e. The van der Waals surface area contributed by atoms with E-state index in [0.29, 0.717) is 6.10 Å². The van der Waals surface area contributed by atoms with Gasteiger partial charge in [0.1, 0.15) is 0 Å². The van der Waals surface area contributed by atoms with Gasteiger partial charge >= 0.3 is 0 Å². The van der Waals surface area contributed by atoms with Gasteiger partial charge in [0.2, 0.25) is 0 Å². The first-order valence-corrected chi connectivity index (χ1v) is 8.12. The number of ether oxygens (including phenoxy) is 1. The SMILES string of the molecule is CC(C)(C)NC/C(=C/C1CCCO1)C1CCCCC1. The lowest BCUT2D eigenvalue weighted by atomic mass is 9.82. The fourth-order valence-electron chi connectivity index (χ4n) is 3.15. The van der Waals surface area contributed by atoms with Crippen LogP contribution >= 0.6 is 0 Å². The molecule has 0 aromatic carbocycles. The monoisotopic (exact) mass is 265 g/mol. The average Bonchev–Trinajstić information content (AvgIpc) is 2.87. The Hall–Kier alpha value is -0.340. The highest BCUT2D eigenvalue weighted by Crippen LogP contribution is 2.31. The Bertz CT molecular complexity index is 291. The molecule has 1 aliphatic heterocycles. The van der Waals surface area contributed by atoms with Crippen LogP contribution in [0.15, 0.2) is 11.6 Å². The summed E-state index contributed by atoms with van der Waals surface area (Å²) >= 11 is 0. The second-order valence-electron chi connectivity index (χ2n) is 7.23. The van der Waals surface area contributed by atoms with Crippen LogP contribution in [0.3, 0.4) is 0 Å². The predicted octanol–water partition coefficient (Wildman–Crippen LogP) is 4.06. The molecule has 1 aliphatic carbocycles. The Labute approximate surface area is 119 Å². The zero-order chi connectivity index (χ0) is 13.7. The van der Waals surface area contributed by atoms with Crippen LogP contribution in [0.25, 0.3) is 0 Å². The van der Waals surface area contributed by atoms with Gasteiger partial charge in [0.25, 0.3) is 0 Å². The van der Waals surface area contributed by atoms with Gasteiger partial charge in [0, 0.05) is 18.7 Å². The van der Waals surface area contributed by atoms with Crippen molar-refractivity contribution >= 4 is 0 Å². The molecule has 2 heteroatoms. The molecule has 110 valence electrons. The molecular formula is C17H31NO. The Morgan fingerprint density at radius 1 is 1.11 bits per heavy atom. The molecule has 1 N–H and O–H groups in total. The van der Waals surface area contributed by atoms with E-state index < -0.39 is 0 Å². The standard InChI is InChI=1S/C17H31NO/c1-17(2,3)18-13-15(12-16-10-7-11-19-16)14-8-5-4-6-9-14/h12,14,16,18H,4-11,13H2,1-3H3/b15-12-. The molecule has 0 radical (unpaired) electrons. The van der Waals surface area contributed by atoms with Gasteiger partial charge in [-0.2, -0.15) is 0 Å². The van der Waals surface area contributed by atoms with Crippen LogP contribution in [-0.4, -0.2) is 24.8 Å². The van der Waals surface area contributed by atoms with Crippen LogP contribution in [-0.2, 0) is 4.74 Å². The number of rotatable bonds is 4. The van der Waals surface area contributed by atoms with Gasteiger partial charge in [0.15, 0.2) is 0 Å². The van der Waals surface area contributed by atoms with Crippen molar-refractivity contribution in [3.8, 4) is 0 Å². The van der Waals surface area contributed by atoms with Crippen LogP contribution < -0.4 is 5.32 Å². The molecule has 0 bridgehead atoms. The summed E-state index contributed by atoms with van der Waals surface area (Å²) in [6, 6.07) is 0. The van der Waals surface area contributed by atoms with E-state index in [1.807, 2.05) is 0 Å². The van der Waals surface area contributed by atoms with Gasteiger partial charge in [-0.25, -0.2) is 0 Å². The molecule has 1 unspecified atom stereocenters. The van der Waals surface area contributed by atoms with E-state index in [-0.39, 0.29) is 5.54 Å². The highest BCUT2D eigenvalue weighted by Gasteiger charge is 2.22. The van der Waals surface area contributed by atoms with Crippen molar-refractivity contribution in [2.75, 3.05) is 13.2 Å². The minimum absolute atomic E-state index is 0.199. The second-order valence-corrected chi connectivity index (χ2v) is 7.23. The first-order chi connectivity index (χ1) is 9.04. The molecule has 2 fully saturated rings. The van der Waals surface area contributed by atoms with Gasteiger partial charge in [0.05, 0.1) is 6.10 Å². The van der Waals surface area contributed by atoms with Gasteiger partial charge in [-0.1, -0.05) is 30.9 Å². The summed E-state index contributed by atoms with van der Waals surface area (Å²) in [5.41, 5.74) is 1.81. The fraction of sp³-hybridized carbons (Fsp3) is 0.882. The van der Waals surface area contributed by atoms with E-state index in [0.717, 1.165) is 19.1 Å². The third kappa shape index (κ3) is 5.27. The quantitative estimate of drug-likeness (QED) is 0.774.